The van der Waals surface area contributed by atoms with Gasteiger partial charge in [0.15, 0.2) is 5.16 Å². The van der Waals surface area contributed by atoms with E-state index in [2.05, 4.69) is 4.98 Å². The number of fused-ring (bicyclic) bond motifs is 1. The highest BCUT2D eigenvalue weighted by Crippen LogP contribution is 2.28. The molecule has 0 unspecified atom stereocenters. The molecule has 0 N–H and O–H groups in total. The zero-order valence-corrected chi connectivity index (χ0v) is 15.1. The van der Waals surface area contributed by atoms with Crippen molar-refractivity contribution in [1.29, 1.82) is 0 Å². The molecule has 1 heterocycles. The van der Waals surface area contributed by atoms with Gasteiger partial charge < -0.3 is 0 Å². The van der Waals surface area contributed by atoms with E-state index in [9.17, 15) is 18.0 Å². The van der Waals surface area contributed by atoms with Gasteiger partial charge in [0, 0.05) is 5.75 Å². The van der Waals surface area contributed by atoms with Crippen molar-refractivity contribution < 1.29 is 13.2 Å². The van der Waals surface area contributed by atoms with Crippen molar-refractivity contribution in [2.24, 2.45) is 0 Å². The van der Waals surface area contributed by atoms with Crippen LogP contribution in [-0.2, 0) is 0 Å². The molecule has 0 saturated carbocycles. The Morgan fingerprint density at radius 1 is 1.04 bits per heavy atom. The molecule has 0 amide bonds. The van der Waals surface area contributed by atoms with E-state index < -0.39 is 12.6 Å². The van der Waals surface area contributed by atoms with Gasteiger partial charge >= 0.3 is 6.18 Å². The maximum absolute atomic E-state index is 13.1. The smallest absolute Gasteiger partial charge is 0.268 e. The molecule has 0 atom stereocenters. The van der Waals surface area contributed by atoms with Gasteiger partial charge in [-0.3, -0.25) is 9.36 Å². The summed E-state index contributed by atoms with van der Waals surface area (Å²) in [5.74, 6) is -0.195. The Hall–Kier alpha value is -2.28. The summed E-state index contributed by atoms with van der Waals surface area (Å²) in [5, 5.41) is 0.714. The van der Waals surface area contributed by atoms with E-state index in [0.717, 1.165) is 22.9 Å². The monoisotopic (exact) mass is 378 g/mol. The van der Waals surface area contributed by atoms with Crippen LogP contribution in [-0.4, -0.2) is 21.5 Å². The molecular weight excluding hydrogens is 361 g/mol. The molecule has 0 aliphatic carbocycles. The molecule has 2 aromatic carbocycles. The molecular formula is C19H17F3N2OS. The largest absolute Gasteiger partial charge is 0.389 e. The second-order valence-corrected chi connectivity index (χ2v) is 7.07. The zero-order chi connectivity index (χ0) is 18.9. The first-order valence-corrected chi connectivity index (χ1v) is 9.04. The molecule has 0 aliphatic heterocycles. The Morgan fingerprint density at radius 2 is 1.69 bits per heavy atom. The second-order valence-electron chi connectivity index (χ2n) is 6.01. The lowest BCUT2D eigenvalue weighted by atomic mass is 10.1. The van der Waals surface area contributed by atoms with Crippen LogP contribution in [0.15, 0.2) is 52.4 Å². The summed E-state index contributed by atoms with van der Waals surface area (Å²) in [5.41, 5.74) is 2.60. The first kappa shape index (κ1) is 18.5. The molecule has 7 heteroatoms. The average Bonchev–Trinajstić information content (AvgIpc) is 2.56. The molecule has 3 rings (SSSR count). The lowest BCUT2D eigenvalue weighted by molar-refractivity contribution is -0.129. The third-order valence-electron chi connectivity index (χ3n) is 4.02. The predicted octanol–water partition coefficient (Wildman–Crippen LogP) is 5.05. The number of alkyl halides is 3. The van der Waals surface area contributed by atoms with Crippen molar-refractivity contribution >= 4 is 22.7 Å². The number of thioether (sulfide) groups is 1. The minimum atomic E-state index is -4.24. The lowest BCUT2D eigenvalue weighted by Gasteiger charge is -2.17. The molecule has 1 aromatic heterocycles. The number of nitrogens with zero attached hydrogens (tertiary/aromatic N) is 2. The van der Waals surface area contributed by atoms with Crippen LogP contribution in [0, 0.1) is 13.8 Å². The first-order valence-electron chi connectivity index (χ1n) is 8.06. The van der Waals surface area contributed by atoms with Gasteiger partial charge in [-0.2, -0.15) is 13.2 Å². The standard InChI is InChI=1S/C19H17F3N2OS/c1-12-6-5-7-13(2)16(12)24-17(25)14-8-3-4-9-15(14)23-18(24)26-11-10-19(20,21)22/h3-9H,10-11H2,1-2H3. The van der Waals surface area contributed by atoms with Crippen LogP contribution in [0.3, 0.4) is 0 Å². The molecule has 0 radical (unpaired) electrons. The number of para-hydroxylation sites is 2. The minimum Gasteiger partial charge on any atom is -0.268 e. The Balaban J connectivity index is 2.20. The summed E-state index contributed by atoms with van der Waals surface area (Å²) < 4.78 is 39.1. The zero-order valence-electron chi connectivity index (χ0n) is 14.3. The van der Waals surface area contributed by atoms with Crippen LogP contribution in [0.25, 0.3) is 16.6 Å². The maximum atomic E-state index is 13.1. The van der Waals surface area contributed by atoms with Crippen molar-refractivity contribution in [1.82, 2.24) is 9.55 Å². The van der Waals surface area contributed by atoms with E-state index in [1.807, 2.05) is 32.0 Å². The quantitative estimate of drug-likeness (QED) is 0.471. The van der Waals surface area contributed by atoms with E-state index in [1.165, 1.54) is 4.57 Å². The topological polar surface area (TPSA) is 34.9 Å². The van der Waals surface area contributed by atoms with Gasteiger partial charge in [-0.15, -0.1) is 0 Å². The van der Waals surface area contributed by atoms with Crippen LogP contribution >= 0.6 is 11.8 Å². The second kappa shape index (κ2) is 7.15. The molecule has 3 aromatic rings. The summed E-state index contributed by atoms with van der Waals surface area (Å²) in [6.07, 6.45) is -5.18. The molecule has 0 spiro atoms. The number of halogens is 3. The predicted molar refractivity (Wildman–Crippen MR) is 98.2 cm³/mol. The Kier molecular flexibility index (Phi) is 5.09. The van der Waals surface area contributed by atoms with Crippen molar-refractivity contribution in [3.05, 3.63) is 63.9 Å². The summed E-state index contributed by atoms with van der Waals surface area (Å²) in [7, 11) is 0. The third kappa shape index (κ3) is 3.77. The summed E-state index contributed by atoms with van der Waals surface area (Å²) in [6, 6.07) is 12.5. The van der Waals surface area contributed by atoms with E-state index >= 15 is 0 Å². The number of hydrogen-bond acceptors (Lipinski definition) is 3. The lowest BCUT2D eigenvalue weighted by Crippen LogP contribution is -2.23. The minimum absolute atomic E-state index is 0.195. The van der Waals surface area contributed by atoms with Gasteiger partial charge in [-0.1, -0.05) is 42.1 Å². The van der Waals surface area contributed by atoms with Gasteiger partial charge in [-0.05, 0) is 37.1 Å². The van der Waals surface area contributed by atoms with Crippen molar-refractivity contribution in [3.8, 4) is 5.69 Å². The van der Waals surface area contributed by atoms with E-state index in [4.69, 9.17) is 0 Å². The molecule has 0 bridgehead atoms. The fourth-order valence-corrected chi connectivity index (χ4v) is 3.81. The number of aryl methyl sites for hydroxylation is 2. The van der Waals surface area contributed by atoms with Crippen LogP contribution in [0.5, 0.6) is 0 Å². The normalized spacial score (nSPS) is 11.9. The summed E-state index contributed by atoms with van der Waals surface area (Å²) in [6.45, 7) is 3.74. The van der Waals surface area contributed by atoms with Gasteiger partial charge in [0.2, 0.25) is 0 Å². The van der Waals surface area contributed by atoms with E-state index in [0.29, 0.717) is 16.6 Å². The van der Waals surface area contributed by atoms with Crippen LogP contribution in [0.4, 0.5) is 13.2 Å². The molecule has 26 heavy (non-hydrogen) atoms. The first-order chi connectivity index (χ1) is 12.3. The number of benzene rings is 2. The maximum Gasteiger partial charge on any atom is 0.389 e. The average molecular weight is 378 g/mol. The Bertz CT molecular complexity index is 992. The fourth-order valence-electron chi connectivity index (χ4n) is 2.82. The third-order valence-corrected chi connectivity index (χ3v) is 4.97. The molecule has 0 fully saturated rings. The number of aromatic nitrogens is 2. The van der Waals surface area contributed by atoms with Gasteiger partial charge in [0.25, 0.3) is 5.56 Å². The van der Waals surface area contributed by atoms with Crippen LogP contribution in [0.1, 0.15) is 17.5 Å². The summed E-state index contributed by atoms with van der Waals surface area (Å²) in [4.78, 5) is 17.6. The van der Waals surface area contributed by atoms with Crippen molar-refractivity contribution in [2.75, 3.05) is 5.75 Å². The Labute approximate surface area is 152 Å². The molecule has 3 nitrogen and oxygen atoms in total. The SMILES string of the molecule is Cc1cccc(C)c1-n1c(SCCC(F)(F)F)nc2ccccc2c1=O. The highest BCUT2D eigenvalue weighted by Gasteiger charge is 2.27. The van der Waals surface area contributed by atoms with Crippen LogP contribution < -0.4 is 5.56 Å². The molecule has 0 aliphatic rings. The van der Waals surface area contributed by atoms with Gasteiger partial charge in [0.05, 0.1) is 23.0 Å². The summed E-state index contributed by atoms with van der Waals surface area (Å²) >= 11 is 0.947. The van der Waals surface area contributed by atoms with Gasteiger partial charge in [0.1, 0.15) is 0 Å². The molecule has 136 valence electrons. The Morgan fingerprint density at radius 3 is 2.35 bits per heavy atom. The highest BCUT2D eigenvalue weighted by atomic mass is 32.2. The van der Waals surface area contributed by atoms with E-state index in [-0.39, 0.29) is 16.5 Å². The van der Waals surface area contributed by atoms with Crippen LogP contribution in [0.2, 0.25) is 0 Å². The van der Waals surface area contributed by atoms with E-state index in [1.54, 1.807) is 24.3 Å². The number of hydrogen-bond donors (Lipinski definition) is 0. The van der Waals surface area contributed by atoms with Crippen molar-refractivity contribution in [3.63, 3.8) is 0 Å². The van der Waals surface area contributed by atoms with Gasteiger partial charge in [-0.25, -0.2) is 4.98 Å². The molecule has 0 saturated heterocycles. The number of rotatable bonds is 4. The fraction of sp³-hybridized carbons (Fsp3) is 0.263. The highest BCUT2D eigenvalue weighted by molar-refractivity contribution is 7.99. The van der Waals surface area contributed by atoms with Crippen molar-refractivity contribution in [2.45, 2.75) is 31.6 Å².